The Morgan fingerprint density at radius 3 is 2.52 bits per heavy atom. The molecule has 3 N–H and O–H groups in total. The number of esters is 1. The largest absolute Gasteiger partial charge is 0.464 e. The Bertz CT molecular complexity index is 940. The fraction of sp³-hybridized carbons (Fsp3) is 0.438. The number of sulfonamides is 1. The number of ether oxygens (including phenoxy) is 1. The average molecular weight is 498 g/mol. The average Bonchev–Trinajstić information content (AvgIpc) is 2.66. The predicted molar refractivity (Wildman–Crippen MR) is 110 cm³/mol. The monoisotopic (exact) mass is 497 g/mol. The quantitative estimate of drug-likeness (QED) is 0.182. The maximum atomic E-state index is 12.4. The van der Waals surface area contributed by atoms with Crippen LogP contribution in [0.5, 0.6) is 0 Å². The van der Waals surface area contributed by atoms with Gasteiger partial charge in [-0.3, -0.25) is 9.59 Å². The van der Waals surface area contributed by atoms with E-state index in [1.807, 2.05) is 0 Å². The smallest absolute Gasteiger partial charge is 0.329 e. The van der Waals surface area contributed by atoms with E-state index in [2.05, 4.69) is 10.2 Å². The van der Waals surface area contributed by atoms with Crippen molar-refractivity contribution >= 4 is 50.4 Å². The first-order chi connectivity index (χ1) is 14.4. The molecule has 1 aromatic carbocycles. The minimum Gasteiger partial charge on any atom is -0.464 e. The standard InChI is InChI=1S/C16H20ClN3O9S2/c1-10(21)19-13(15(22)28-6-2-3-7-29-20(24)25)9-30-16(23)11-4-5-12(17)14(8-11)31(18,26)27/h4-5,8,13H,2-3,6-7,9H2,1H3,(H,19,21)(H2,18,26,27). The molecule has 0 saturated heterocycles. The number of benzene rings is 1. The molecule has 0 aliphatic carbocycles. The highest BCUT2D eigenvalue weighted by Gasteiger charge is 2.24. The lowest BCUT2D eigenvalue weighted by Gasteiger charge is -2.16. The van der Waals surface area contributed by atoms with Crippen molar-refractivity contribution in [1.82, 2.24) is 5.32 Å². The molecule has 0 aliphatic rings. The van der Waals surface area contributed by atoms with Gasteiger partial charge >= 0.3 is 5.97 Å². The number of carbonyl (C=O) groups is 3. The number of hydrogen-bond acceptors (Lipinski definition) is 10. The van der Waals surface area contributed by atoms with Crippen LogP contribution in [-0.2, 0) is 29.2 Å². The molecule has 0 saturated carbocycles. The number of halogens is 1. The van der Waals surface area contributed by atoms with Crippen LogP contribution in [0, 0.1) is 10.1 Å². The van der Waals surface area contributed by atoms with Gasteiger partial charge in [-0.1, -0.05) is 23.4 Å². The van der Waals surface area contributed by atoms with Crippen LogP contribution < -0.4 is 10.5 Å². The van der Waals surface area contributed by atoms with Crippen molar-refractivity contribution in [2.75, 3.05) is 19.0 Å². The molecule has 0 spiro atoms. The second-order valence-electron chi connectivity index (χ2n) is 5.97. The lowest BCUT2D eigenvalue weighted by Crippen LogP contribution is -2.43. The molecular weight excluding hydrogens is 478 g/mol. The number of thioether (sulfide) groups is 1. The summed E-state index contributed by atoms with van der Waals surface area (Å²) in [7, 11) is -4.14. The number of hydrogen-bond donors (Lipinski definition) is 2. The van der Waals surface area contributed by atoms with Gasteiger partial charge in [0.1, 0.15) is 10.9 Å². The molecule has 1 unspecified atom stereocenters. The van der Waals surface area contributed by atoms with Gasteiger partial charge in [-0.15, -0.1) is 10.1 Å². The summed E-state index contributed by atoms with van der Waals surface area (Å²) in [5.41, 5.74) is -0.0147. The number of carbonyl (C=O) groups excluding carboxylic acids is 3. The molecule has 1 aromatic rings. The summed E-state index contributed by atoms with van der Waals surface area (Å²) in [5, 5.41) is 15.8. The Morgan fingerprint density at radius 1 is 1.29 bits per heavy atom. The summed E-state index contributed by atoms with van der Waals surface area (Å²) in [6.07, 6.45) is 0.564. The van der Waals surface area contributed by atoms with Crippen molar-refractivity contribution < 1.29 is 37.5 Å². The molecule has 0 radical (unpaired) electrons. The van der Waals surface area contributed by atoms with Crippen molar-refractivity contribution in [2.45, 2.75) is 30.7 Å². The molecule has 15 heteroatoms. The molecule has 0 fully saturated rings. The highest BCUT2D eigenvalue weighted by Crippen LogP contribution is 2.24. The fourth-order valence-electron chi connectivity index (χ4n) is 2.12. The van der Waals surface area contributed by atoms with Gasteiger partial charge in [0.05, 0.1) is 18.2 Å². The van der Waals surface area contributed by atoms with Crippen molar-refractivity contribution in [3.63, 3.8) is 0 Å². The number of nitrogens with one attached hydrogen (secondary N) is 1. The normalized spacial score (nSPS) is 12.0. The minimum atomic E-state index is -4.14. The zero-order valence-corrected chi connectivity index (χ0v) is 18.6. The van der Waals surface area contributed by atoms with Crippen molar-refractivity contribution in [1.29, 1.82) is 0 Å². The van der Waals surface area contributed by atoms with E-state index >= 15 is 0 Å². The third-order valence-electron chi connectivity index (χ3n) is 3.50. The summed E-state index contributed by atoms with van der Waals surface area (Å²) in [6.45, 7) is 0.967. The van der Waals surface area contributed by atoms with Gasteiger partial charge in [0, 0.05) is 18.2 Å². The van der Waals surface area contributed by atoms with E-state index in [4.69, 9.17) is 21.5 Å². The van der Waals surface area contributed by atoms with Crippen molar-refractivity contribution in [3.8, 4) is 0 Å². The fourth-order valence-corrected chi connectivity index (χ4v) is 4.02. The Hall–Kier alpha value is -2.42. The molecule has 172 valence electrons. The first kappa shape index (κ1) is 26.6. The topological polar surface area (TPSA) is 185 Å². The molecule has 1 atom stereocenters. The van der Waals surface area contributed by atoms with E-state index in [9.17, 15) is 32.9 Å². The van der Waals surface area contributed by atoms with Crippen LogP contribution in [-0.4, -0.2) is 55.5 Å². The molecule has 1 amide bonds. The number of unbranched alkanes of at least 4 members (excludes halogenated alkanes) is 1. The second kappa shape index (κ2) is 12.4. The highest BCUT2D eigenvalue weighted by molar-refractivity contribution is 8.14. The first-order valence-electron chi connectivity index (χ1n) is 8.62. The van der Waals surface area contributed by atoms with Crippen LogP contribution in [0.2, 0.25) is 5.02 Å². The number of rotatable bonds is 12. The Morgan fingerprint density at radius 2 is 1.94 bits per heavy atom. The van der Waals surface area contributed by atoms with Gasteiger partial charge in [0.2, 0.25) is 21.0 Å². The van der Waals surface area contributed by atoms with Gasteiger partial charge in [-0.05, 0) is 31.0 Å². The SMILES string of the molecule is CC(=O)NC(CSC(=O)c1ccc(Cl)c(S(N)(=O)=O)c1)C(=O)OCCCCO[N+](=O)[O-]. The molecule has 1 rings (SSSR count). The molecule has 0 heterocycles. The van der Waals surface area contributed by atoms with Gasteiger partial charge in [0.15, 0.2) is 0 Å². The maximum absolute atomic E-state index is 12.4. The summed E-state index contributed by atoms with van der Waals surface area (Å²) >= 11 is 6.44. The van der Waals surface area contributed by atoms with Crippen LogP contribution in [0.15, 0.2) is 23.1 Å². The third-order valence-corrected chi connectivity index (χ3v) is 5.89. The molecule has 0 aliphatic heterocycles. The van der Waals surface area contributed by atoms with Crippen LogP contribution in [0.1, 0.15) is 30.1 Å². The van der Waals surface area contributed by atoms with E-state index in [0.717, 1.165) is 6.07 Å². The third kappa shape index (κ3) is 9.95. The summed E-state index contributed by atoms with van der Waals surface area (Å²) in [6, 6.07) is 2.38. The summed E-state index contributed by atoms with van der Waals surface area (Å²) < 4.78 is 28.1. The Balaban J connectivity index is 2.68. The molecule has 0 aromatic heterocycles. The first-order valence-corrected chi connectivity index (χ1v) is 11.5. The van der Waals surface area contributed by atoms with E-state index in [1.165, 1.54) is 19.1 Å². The van der Waals surface area contributed by atoms with Gasteiger partial charge in [-0.2, -0.15) is 0 Å². The number of amides is 1. The predicted octanol–water partition coefficient (Wildman–Crippen LogP) is 0.897. The zero-order valence-electron chi connectivity index (χ0n) is 16.2. The number of nitrogens with two attached hydrogens (primary N) is 1. The van der Waals surface area contributed by atoms with Crippen LogP contribution in [0.25, 0.3) is 0 Å². The lowest BCUT2D eigenvalue weighted by atomic mass is 10.2. The number of nitrogens with zero attached hydrogens (tertiary/aromatic N) is 1. The summed E-state index contributed by atoms with van der Waals surface area (Å²) in [5.74, 6) is -1.51. The van der Waals surface area contributed by atoms with Crippen LogP contribution in [0.4, 0.5) is 0 Å². The van der Waals surface area contributed by atoms with Crippen LogP contribution >= 0.6 is 23.4 Å². The van der Waals surface area contributed by atoms with Crippen molar-refractivity contribution in [2.24, 2.45) is 5.14 Å². The Kier molecular flexibility index (Phi) is 10.7. The second-order valence-corrected chi connectivity index (χ2v) is 8.90. The maximum Gasteiger partial charge on any atom is 0.329 e. The summed E-state index contributed by atoms with van der Waals surface area (Å²) in [4.78, 5) is 49.7. The zero-order chi connectivity index (χ0) is 23.6. The van der Waals surface area contributed by atoms with Gasteiger partial charge in [0.25, 0.3) is 5.09 Å². The van der Waals surface area contributed by atoms with Gasteiger partial charge < -0.3 is 14.9 Å². The molecule has 12 nitrogen and oxygen atoms in total. The molecule has 31 heavy (non-hydrogen) atoms. The van der Waals surface area contributed by atoms with Gasteiger partial charge in [-0.25, -0.2) is 18.4 Å². The van der Waals surface area contributed by atoms with E-state index in [1.54, 1.807) is 0 Å². The van der Waals surface area contributed by atoms with E-state index < -0.39 is 43.0 Å². The van der Waals surface area contributed by atoms with Crippen molar-refractivity contribution in [3.05, 3.63) is 38.9 Å². The van der Waals surface area contributed by atoms with Crippen LogP contribution in [0.3, 0.4) is 0 Å². The van der Waals surface area contributed by atoms with E-state index in [0.29, 0.717) is 18.2 Å². The Labute approximate surface area is 186 Å². The number of primary sulfonamides is 1. The highest BCUT2D eigenvalue weighted by atomic mass is 35.5. The molecule has 0 bridgehead atoms. The van der Waals surface area contributed by atoms with E-state index in [-0.39, 0.29) is 36.0 Å². The lowest BCUT2D eigenvalue weighted by molar-refractivity contribution is -0.757. The minimum absolute atomic E-state index is 0.0147. The molecular formula is C16H20ClN3O9S2.